The highest BCUT2D eigenvalue weighted by molar-refractivity contribution is 5.65. The van der Waals surface area contributed by atoms with E-state index in [-0.39, 0.29) is 0 Å². The van der Waals surface area contributed by atoms with Crippen molar-refractivity contribution in [3.05, 3.63) is 59.2 Å². The molecule has 2 aromatic carbocycles. The molecule has 0 fully saturated rings. The van der Waals surface area contributed by atoms with Gasteiger partial charge in [-0.05, 0) is 47.7 Å². The van der Waals surface area contributed by atoms with Crippen molar-refractivity contribution in [1.29, 1.82) is 0 Å². The Labute approximate surface area is 99.9 Å². The normalized spacial score (nSPS) is 10.6. The highest BCUT2D eigenvalue weighted by atomic mass is 19.1. The van der Waals surface area contributed by atoms with E-state index in [9.17, 15) is 8.78 Å². The molecule has 0 amide bonds. The lowest BCUT2D eigenvalue weighted by Crippen LogP contribution is -1.89. The van der Waals surface area contributed by atoms with Gasteiger partial charge in [-0.1, -0.05) is 25.1 Å². The van der Waals surface area contributed by atoms with E-state index >= 15 is 0 Å². The lowest BCUT2D eigenvalue weighted by molar-refractivity contribution is 0.584. The van der Waals surface area contributed by atoms with E-state index in [1.165, 1.54) is 23.3 Å². The van der Waals surface area contributed by atoms with Crippen LogP contribution < -0.4 is 0 Å². The van der Waals surface area contributed by atoms with Crippen molar-refractivity contribution in [3.63, 3.8) is 0 Å². The molecule has 0 heterocycles. The summed E-state index contributed by atoms with van der Waals surface area (Å²) in [5.41, 5.74) is 3.84. The van der Waals surface area contributed by atoms with Crippen LogP contribution in [-0.4, -0.2) is 0 Å². The molecule has 0 aliphatic rings. The molecular weight excluding hydrogens is 218 g/mol. The molecule has 0 aliphatic heterocycles. The summed E-state index contributed by atoms with van der Waals surface area (Å²) in [7, 11) is 0. The third kappa shape index (κ3) is 2.52. The van der Waals surface area contributed by atoms with Gasteiger partial charge in [-0.2, -0.15) is 0 Å². The first kappa shape index (κ1) is 11.8. The first-order chi connectivity index (χ1) is 8.10. The SMILES string of the molecule is CCc1cc(-c2cc(F)cc(F)c2)ccc1C. The van der Waals surface area contributed by atoms with Crippen LogP contribution >= 0.6 is 0 Å². The maximum Gasteiger partial charge on any atom is 0.126 e. The molecule has 88 valence electrons. The minimum Gasteiger partial charge on any atom is -0.207 e. The van der Waals surface area contributed by atoms with E-state index in [2.05, 4.69) is 6.92 Å². The summed E-state index contributed by atoms with van der Waals surface area (Å²) in [6, 6.07) is 9.46. The number of hydrogen-bond donors (Lipinski definition) is 0. The molecule has 0 unspecified atom stereocenters. The van der Waals surface area contributed by atoms with E-state index in [4.69, 9.17) is 0 Å². The van der Waals surface area contributed by atoms with Gasteiger partial charge in [0, 0.05) is 6.07 Å². The Morgan fingerprint density at radius 1 is 0.882 bits per heavy atom. The zero-order chi connectivity index (χ0) is 12.4. The van der Waals surface area contributed by atoms with Crippen LogP contribution in [0, 0.1) is 18.6 Å². The molecule has 17 heavy (non-hydrogen) atoms. The van der Waals surface area contributed by atoms with Crippen molar-refractivity contribution in [2.24, 2.45) is 0 Å². The molecule has 2 heteroatoms. The fourth-order valence-electron chi connectivity index (χ4n) is 1.95. The summed E-state index contributed by atoms with van der Waals surface area (Å²) >= 11 is 0. The average Bonchev–Trinajstić information content (AvgIpc) is 2.28. The molecule has 0 spiro atoms. The molecular formula is C15H14F2. The van der Waals surface area contributed by atoms with Crippen LogP contribution in [0.2, 0.25) is 0 Å². The Morgan fingerprint density at radius 3 is 2.12 bits per heavy atom. The second kappa shape index (κ2) is 4.66. The van der Waals surface area contributed by atoms with Crippen LogP contribution in [-0.2, 0) is 6.42 Å². The molecule has 0 atom stereocenters. The standard InChI is InChI=1S/C15H14F2/c1-3-11-6-12(5-4-10(11)2)13-7-14(16)9-15(17)8-13/h4-9H,3H2,1-2H3. The highest BCUT2D eigenvalue weighted by Gasteiger charge is 2.05. The molecule has 0 N–H and O–H groups in total. The van der Waals surface area contributed by atoms with Gasteiger partial charge in [-0.25, -0.2) is 8.78 Å². The fourth-order valence-corrected chi connectivity index (χ4v) is 1.95. The first-order valence-corrected chi connectivity index (χ1v) is 5.66. The number of benzene rings is 2. The molecule has 2 aromatic rings. The van der Waals surface area contributed by atoms with Crippen LogP contribution in [0.25, 0.3) is 11.1 Å². The smallest absolute Gasteiger partial charge is 0.126 e. The Balaban J connectivity index is 2.52. The van der Waals surface area contributed by atoms with Gasteiger partial charge in [0.15, 0.2) is 0 Å². The molecule has 0 radical (unpaired) electrons. The number of aryl methyl sites for hydroxylation is 2. The second-order valence-corrected chi connectivity index (χ2v) is 4.15. The van der Waals surface area contributed by atoms with Crippen molar-refractivity contribution >= 4 is 0 Å². The van der Waals surface area contributed by atoms with Gasteiger partial charge in [-0.3, -0.25) is 0 Å². The van der Waals surface area contributed by atoms with Gasteiger partial charge in [0.25, 0.3) is 0 Å². The summed E-state index contributed by atoms with van der Waals surface area (Å²) in [4.78, 5) is 0. The third-order valence-electron chi connectivity index (χ3n) is 2.93. The zero-order valence-electron chi connectivity index (χ0n) is 9.93. The number of halogens is 2. The molecule has 0 aliphatic carbocycles. The number of rotatable bonds is 2. The minimum absolute atomic E-state index is 0.543. The summed E-state index contributed by atoms with van der Waals surface area (Å²) in [6.07, 6.45) is 0.914. The van der Waals surface area contributed by atoms with Gasteiger partial charge in [0.05, 0.1) is 0 Å². The summed E-state index contributed by atoms with van der Waals surface area (Å²) in [6.45, 7) is 4.10. The van der Waals surface area contributed by atoms with Crippen LogP contribution in [0.4, 0.5) is 8.78 Å². The van der Waals surface area contributed by atoms with Crippen LogP contribution in [0.1, 0.15) is 18.1 Å². The molecule has 0 aromatic heterocycles. The molecule has 0 saturated heterocycles. The van der Waals surface area contributed by atoms with E-state index in [0.29, 0.717) is 5.56 Å². The van der Waals surface area contributed by atoms with Crippen molar-refractivity contribution in [3.8, 4) is 11.1 Å². The summed E-state index contributed by atoms with van der Waals surface area (Å²) < 4.78 is 26.3. The van der Waals surface area contributed by atoms with E-state index in [0.717, 1.165) is 18.1 Å². The van der Waals surface area contributed by atoms with Crippen molar-refractivity contribution in [1.82, 2.24) is 0 Å². The molecule has 0 saturated carbocycles. The third-order valence-corrected chi connectivity index (χ3v) is 2.93. The van der Waals surface area contributed by atoms with Gasteiger partial charge in [-0.15, -0.1) is 0 Å². The fraction of sp³-hybridized carbons (Fsp3) is 0.200. The average molecular weight is 232 g/mol. The monoisotopic (exact) mass is 232 g/mol. The number of hydrogen-bond acceptors (Lipinski definition) is 0. The van der Waals surface area contributed by atoms with Gasteiger partial charge in [0.1, 0.15) is 11.6 Å². The van der Waals surface area contributed by atoms with E-state index in [1.807, 2.05) is 25.1 Å². The van der Waals surface area contributed by atoms with Crippen molar-refractivity contribution in [2.75, 3.05) is 0 Å². The van der Waals surface area contributed by atoms with Crippen LogP contribution in [0.3, 0.4) is 0 Å². The predicted molar refractivity (Wildman–Crippen MR) is 65.9 cm³/mol. The Morgan fingerprint density at radius 2 is 1.53 bits per heavy atom. The quantitative estimate of drug-likeness (QED) is 0.715. The lowest BCUT2D eigenvalue weighted by atomic mass is 9.98. The summed E-state index contributed by atoms with van der Waals surface area (Å²) in [5, 5.41) is 0. The van der Waals surface area contributed by atoms with Gasteiger partial charge >= 0.3 is 0 Å². The molecule has 0 bridgehead atoms. The van der Waals surface area contributed by atoms with Crippen LogP contribution in [0.5, 0.6) is 0 Å². The largest absolute Gasteiger partial charge is 0.207 e. The Kier molecular flexibility index (Phi) is 3.23. The Bertz CT molecular complexity index is 524. The molecule has 0 nitrogen and oxygen atoms in total. The van der Waals surface area contributed by atoms with Gasteiger partial charge in [0.2, 0.25) is 0 Å². The maximum absolute atomic E-state index is 13.1. The van der Waals surface area contributed by atoms with E-state index < -0.39 is 11.6 Å². The predicted octanol–water partition coefficient (Wildman–Crippen LogP) is 4.50. The summed E-state index contributed by atoms with van der Waals surface area (Å²) in [5.74, 6) is -1.09. The maximum atomic E-state index is 13.1. The highest BCUT2D eigenvalue weighted by Crippen LogP contribution is 2.24. The Hall–Kier alpha value is -1.70. The zero-order valence-corrected chi connectivity index (χ0v) is 9.93. The first-order valence-electron chi connectivity index (χ1n) is 5.66. The van der Waals surface area contributed by atoms with Gasteiger partial charge < -0.3 is 0 Å². The van der Waals surface area contributed by atoms with E-state index in [1.54, 1.807) is 0 Å². The van der Waals surface area contributed by atoms with Crippen molar-refractivity contribution < 1.29 is 8.78 Å². The minimum atomic E-state index is -0.543. The lowest BCUT2D eigenvalue weighted by Gasteiger charge is -2.07. The topological polar surface area (TPSA) is 0 Å². The molecule has 2 rings (SSSR count). The van der Waals surface area contributed by atoms with Crippen molar-refractivity contribution in [2.45, 2.75) is 20.3 Å². The van der Waals surface area contributed by atoms with Crippen LogP contribution in [0.15, 0.2) is 36.4 Å². The second-order valence-electron chi connectivity index (χ2n) is 4.15.